The second kappa shape index (κ2) is 13.7. The summed E-state index contributed by atoms with van der Waals surface area (Å²) >= 11 is 1.94. The van der Waals surface area contributed by atoms with Gasteiger partial charge >= 0.3 is 0 Å². The molecule has 0 fully saturated rings. The van der Waals surface area contributed by atoms with Gasteiger partial charge in [0.05, 0.1) is 27.8 Å². The summed E-state index contributed by atoms with van der Waals surface area (Å²) < 4.78 is 7.81. The minimum Gasteiger partial charge on any atom is -0.355 e. The topological polar surface area (TPSA) is 21.9 Å². The molecule has 0 saturated carbocycles. The Morgan fingerprint density at radius 3 is 1.87 bits per heavy atom. The van der Waals surface area contributed by atoms with Crippen LogP contribution in [0.5, 0.6) is 0 Å². The first-order valence-electron chi connectivity index (χ1n) is 23.9. The summed E-state index contributed by atoms with van der Waals surface area (Å²) in [5.74, 6) is 0. The van der Waals surface area contributed by atoms with Crippen molar-refractivity contribution >= 4 is 115 Å². The Morgan fingerprint density at radius 1 is 0.507 bits per heavy atom. The molecule has 321 valence electrons. The number of hydrogen-bond donors (Lipinski definition) is 1. The van der Waals surface area contributed by atoms with Gasteiger partial charge in [0.1, 0.15) is 0 Å². The lowest BCUT2D eigenvalue weighted by Crippen LogP contribution is -2.37. The normalized spacial score (nSPS) is 15.0. The Bertz CT molecular complexity index is 4070. The van der Waals surface area contributed by atoms with Crippen LogP contribution in [0.2, 0.25) is 0 Å². The van der Waals surface area contributed by atoms with Crippen molar-refractivity contribution in [1.29, 1.82) is 0 Å². The molecule has 1 radical (unpaired) electrons. The molecular weight excluding hydrogens is 830 g/mol. The molecule has 12 aromatic rings. The quantitative estimate of drug-likeness (QED) is 0.175. The number of aryl methyl sites for hydroxylation is 2. The van der Waals surface area contributed by atoms with Crippen LogP contribution >= 0.6 is 11.3 Å². The zero-order valence-corrected chi connectivity index (χ0v) is 39.6. The summed E-state index contributed by atoms with van der Waals surface area (Å²) in [4.78, 5) is 0. The van der Waals surface area contributed by atoms with Crippen molar-refractivity contribution in [2.24, 2.45) is 0 Å². The molecule has 3 nitrogen and oxygen atoms in total. The van der Waals surface area contributed by atoms with Crippen molar-refractivity contribution in [2.75, 3.05) is 5.32 Å². The molecule has 0 atom stereocenters. The van der Waals surface area contributed by atoms with Gasteiger partial charge in [-0.25, -0.2) is 0 Å². The Hall–Kier alpha value is -7.08. The average molecular weight is 879 g/mol. The first kappa shape index (κ1) is 39.1. The number of hydrogen-bond acceptors (Lipinski definition) is 2. The van der Waals surface area contributed by atoms with Crippen LogP contribution in [0.15, 0.2) is 158 Å². The highest BCUT2D eigenvalue weighted by atomic mass is 32.1. The van der Waals surface area contributed by atoms with E-state index in [2.05, 4.69) is 221 Å². The standard InChI is InChI=1S/C62H49BN3S/c1-35-19-22-39(23-20-35)64-50-34-57-43(44-31-47-48(33-56(44)67-57)62(5,6)26-25-61(47,3)4)30-42(50)45-32-55(65-51-17-11-9-15-40(51)41-16-10-12-18-52(41)65)58-46-28-37-13-7-8-14-38(37)29-54(46)66-53-24-21-36(2)27-49(53)63-59(45)60(58)66/h7-24,27-34,64H,25-26H2,1-6H3. The lowest BCUT2D eigenvalue weighted by Gasteiger charge is -2.41. The van der Waals surface area contributed by atoms with Gasteiger partial charge in [0.15, 0.2) is 7.28 Å². The number of nitrogens with zero attached hydrogens (tertiary/aromatic N) is 2. The van der Waals surface area contributed by atoms with Gasteiger partial charge in [-0.15, -0.1) is 11.3 Å². The van der Waals surface area contributed by atoms with Gasteiger partial charge in [-0.3, -0.25) is 0 Å². The molecule has 1 aliphatic carbocycles. The molecule has 0 spiro atoms. The fourth-order valence-electron chi connectivity index (χ4n) is 12.0. The Morgan fingerprint density at radius 2 is 1.13 bits per heavy atom. The van der Waals surface area contributed by atoms with Gasteiger partial charge in [0.2, 0.25) is 0 Å². The van der Waals surface area contributed by atoms with Crippen LogP contribution in [0, 0.1) is 13.8 Å². The minimum atomic E-state index is 0.105. The smallest absolute Gasteiger partial charge is 0.197 e. The summed E-state index contributed by atoms with van der Waals surface area (Å²) in [6, 6.07) is 60.1. The van der Waals surface area contributed by atoms with Gasteiger partial charge in [0, 0.05) is 64.3 Å². The molecule has 67 heavy (non-hydrogen) atoms. The van der Waals surface area contributed by atoms with E-state index >= 15 is 0 Å². The predicted octanol–water partition coefficient (Wildman–Crippen LogP) is 15.7. The first-order chi connectivity index (χ1) is 32.5. The van der Waals surface area contributed by atoms with Crippen LogP contribution in [0.1, 0.15) is 62.8 Å². The molecule has 3 aromatic heterocycles. The molecule has 0 unspecified atom stereocenters. The van der Waals surface area contributed by atoms with Crippen molar-refractivity contribution in [3.63, 3.8) is 0 Å². The number of para-hydroxylation sites is 2. The molecule has 0 bridgehead atoms. The number of thiophene rings is 1. The van der Waals surface area contributed by atoms with Crippen molar-refractivity contribution in [3.8, 4) is 22.5 Å². The number of fused-ring (bicyclic) bond motifs is 13. The van der Waals surface area contributed by atoms with E-state index in [1.165, 1.54) is 143 Å². The molecule has 1 N–H and O–H groups in total. The third-order valence-electron chi connectivity index (χ3n) is 15.7. The van der Waals surface area contributed by atoms with Crippen LogP contribution < -0.4 is 16.2 Å². The van der Waals surface area contributed by atoms with Gasteiger partial charge in [0.25, 0.3) is 0 Å². The minimum absolute atomic E-state index is 0.105. The Labute approximate surface area is 395 Å². The highest BCUT2D eigenvalue weighted by Crippen LogP contribution is 2.51. The molecule has 2 aliphatic rings. The van der Waals surface area contributed by atoms with E-state index in [1.807, 2.05) is 11.3 Å². The Kier molecular flexibility index (Phi) is 8.03. The van der Waals surface area contributed by atoms with E-state index in [9.17, 15) is 0 Å². The summed E-state index contributed by atoms with van der Waals surface area (Å²) in [6.45, 7) is 14.2. The zero-order valence-electron chi connectivity index (χ0n) is 38.8. The lowest BCUT2D eigenvalue weighted by molar-refractivity contribution is 0.332. The molecule has 14 rings (SSSR count). The summed E-state index contributed by atoms with van der Waals surface area (Å²) in [5, 5.41) is 14.2. The van der Waals surface area contributed by atoms with Crippen LogP contribution in [0.3, 0.4) is 0 Å². The van der Waals surface area contributed by atoms with Crippen molar-refractivity contribution in [3.05, 3.63) is 180 Å². The van der Waals surface area contributed by atoms with E-state index in [-0.39, 0.29) is 10.8 Å². The average Bonchev–Trinajstić information content (AvgIpc) is 3.98. The van der Waals surface area contributed by atoms with Gasteiger partial charge in [-0.05, 0) is 143 Å². The van der Waals surface area contributed by atoms with Crippen molar-refractivity contribution in [1.82, 2.24) is 9.13 Å². The third kappa shape index (κ3) is 5.64. The largest absolute Gasteiger partial charge is 0.355 e. The summed E-state index contributed by atoms with van der Waals surface area (Å²) in [6.07, 6.45) is 2.38. The fourth-order valence-corrected chi connectivity index (χ4v) is 13.2. The third-order valence-corrected chi connectivity index (χ3v) is 16.8. The van der Waals surface area contributed by atoms with Gasteiger partial charge < -0.3 is 14.5 Å². The first-order valence-corrected chi connectivity index (χ1v) is 24.7. The number of rotatable bonds is 4. The highest BCUT2D eigenvalue weighted by Gasteiger charge is 2.38. The molecular formula is C62H49BN3S. The molecule has 0 amide bonds. The molecule has 1 aliphatic heterocycles. The SMILES string of the molecule is Cc1ccc(Nc2cc3sc4cc5c(cc4c3cc2-c2cc(-n3c4ccccc4c4ccccc43)c3c4cc6ccccc6cc4n4c3c2[B]c2cc(C)ccc2-4)C(C)(C)CCC5(C)C)cc1. The summed E-state index contributed by atoms with van der Waals surface area (Å²) in [7, 11) is 2.49. The van der Waals surface area contributed by atoms with Gasteiger partial charge in [-0.1, -0.05) is 129 Å². The highest BCUT2D eigenvalue weighted by molar-refractivity contribution is 7.25. The van der Waals surface area contributed by atoms with Crippen molar-refractivity contribution in [2.45, 2.75) is 65.2 Å². The van der Waals surface area contributed by atoms with E-state index in [4.69, 9.17) is 0 Å². The molecule has 9 aromatic carbocycles. The Balaban J connectivity index is 1.17. The van der Waals surface area contributed by atoms with E-state index < -0.39 is 0 Å². The van der Waals surface area contributed by atoms with Crippen molar-refractivity contribution < 1.29 is 0 Å². The predicted molar refractivity (Wildman–Crippen MR) is 290 cm³/mol. The maximum Gasteiger partial charge on any atom is 0.197 e. The number of nitrogens with one attached hydrogen (secondary N) is 1. The maximum atomic E-state index is 4.02. The number of benzene rings is 9. The van der Waals surface area contributed by atoms with Gasteiger partial charge in [-0.2, -0.15) is 0 Å². The second-order valence-corrected chi connectivity index (χ2v) is 21.9. The summed E-state index contributed by atoms with van der Waals surface area (Å²) in [5.41, 5.74) is 20.1. The molecule has 0 saturated heterocycles. The number of anilines is 2. The monoisotopic (exact) mass is 878 g/mol. The van der Waals surface area contributed by atoms with E-state index in [0.29, 0.717) is 0 Å². The van der Waals surface area contributed by atoms with Crippen LogP contribution in [0.4, 0.5) is 11.4 Å². The second-order valence-electron chi connectivity index (χ2n) is 20.9. The van der Waals surface area contributed by atoms with Crippen LogP contribution in [-0.2, 0) is 10.8 Å². The van der Waals surface area contributed by atoms with Crippen LogP contribution in [-0.4, -0.2) is 16.4 Å². The fraction of sp³-hybridized carbons (Fsp3) is 0.161. The number of aromatic nitrogens is 2. The molecule has 4 heterocycles. The zero-order chi connectivity index (χ0) is 45.1. The molecule has 5 heteroatoms. The van der Waals surface area contributed by atoms with E-state index in [0.717, 1.165) is 11.4 Å². The van der Waals surface area contributed by atoms with E-state index in [1.54, 1.807) is 0 Å². The maximum absolute atomic E-state index is 4.02. The van der Waals surface area contributed by atoms with Crippen LogP contribution in [0.25, 0.3) is 97.1 Å². The lowest BCUT2D eigenvalue weighted by atomic mass is 9.58.